The lowest BCUT2D eigenvalue weighted by Crippen LogP contribution is -2.47. The lowest BCUT2D eigenvalue weighted by atomic mass is 10.1. The molecule has 0 radical (unpaired) electrons. The minimum Gasteiger partial charge on any atom is -0.459 e. The van der Waals surface area contributed by atoms with Gasteiger partial charge in [-0.3, -0.25) is 9.59 Å². The molecule has 2 aromatic heterocycles. The summed E-state index contributed by atoms with van der Waals surface area (Å²) < 4.78 is 7.43. The number of rotatable bonds is 11. The predicted octanol–water partition coefficient (Wildman–Crippen LogP) is 5.71. The van der Waals surface area contributed by atoms with Crippen LogP contribution in [0.2, 0.25) is 5.02 Å². The second-order valence-electron chi connectivity index (χ2n) is 9.05. The Bertz CT molecular complexity index is 1070. The third kappa shape index (κ3) is 6.54. The molecule has 3 aromatic rings. The molecule has 0 saturated carbocycles. The van der Waals surface area contributed by atoms with Gasteiger partial charge < -0.3 is 18.8 Å². The van der Waals surface area contributed by atoms with Gasteiger partial charge in [0.25, 0.3) is 5.91 Å². The van der Waals surface area contributed by atoms with Crippen molar-refractivity contribution in [1.82, 2.24) is 14.4 Å². The lowest BCUT2D eigenvalue weighted by molar-refractivity contribution is -0.133. The standard InChI is InChI=1S/C27H34ClN3O3/c1-5-21(4)31(27(33)25-13-9-15-34-25)19-26(32)30(16-20(2)3)18-23-11-8-14-29(23)17-22-10-6-7-12-24(22)28/h6-15,20-21H,5,16-19H2,1-4H3. The highest BCUT2D eigenvalue weighted by Gasteiger charge is 2.27. The lowest BCUT2D eigenvalue weighted by Gasteiger charge is -2.31. The summed E-state index contributed by atoms with van der Waals surface area (Å²) in [6.07, 6.45) is 4.22. The van der Waals surface area contributed by atoms with Crippen molar-refractivity contribution in [3.63, 3.8) is 0 Å². The van der Waals surface area contributed by atoms with Gasteiger partial charge in [0.1, 0.15) is 6.54 Å². The molecule has 3 rings (SSSR count). The molecule has 1 unspecified atom stereocenters. The average molecular weight is 484 g/mol. The van der Waals surface area contributed by atoms with Crippen molar-refractivity contribution in [2.45, 2.75) is 53.2 Å². The van der Waals surface area contributed by atoms with Gasteiger partial charge in [-0.25, -0.2) is 0 Å². The zero-order chi connectivity index (χ0) is 24.7. The fourth-order valence-electron chi connectivity index (χ4n) is 3.88. The highest BCUT2D eigenvalue weighted by atomic mass is 35.5. The van der Waals surface area contributed by atoms with Crippen LogP contribution < -0.4 is 0 Å². The molecule has 0 aliphatic rings. The molecule has 0 saturated heterocycles. The third-order valence-electron chi connectivity index (χ3n) is 5.93. The number of benzene rings is 1. The molecule has 182 valence electrons. The van der Waals surface area contributed by atoms with E-state index in [0.29, 0.717) is 19.6 Å². The van der Waals surface area contributed by atoms with Crippen LogP contribution in [0.3, 0.4) is 0 Å². The van der Waals surface area contributed by atoms with Gasteiger partial charge in [0.2, 0.25) is 5.91 Å². The van der Waals surface area contributed by atoms with Gasteiger partial charge in [-0.2, -0.15) is 0 Å². The molecule has 0 spiro atoms. The van der Waals surface area contributed by atoms with Crippen LogP contribution in [0.1, 0.15) is 55.9 Å². The Kier molecular flexibility index (Phi) is 8.99. The first-order valence-corrected chi connectivity index (χ1v) is 12.2. The highest BCUT2D eigenvalue weighted by Crippen LogP contribution is 2.19. The molecule has 34 heavy (non-hydrogen) atoms. The van der Waals surface area contributed by atoms with E-state index in [1.807, 2.05) is 61.3 Å². The van der Waals surface area contributed by atoms with E-state index in [1.54, 1.807) is 17.0 Å². The maximum Gasteiger partial charge on any atom is 0.290 e. The van der Waals surface area contributed by atoms with Crippen molar-refractivity contribution < 1.29 is 14.0 Å². The normalized spacial score (nSPS) is 12.1. The number of carbonyl (C=O) groups is 2. The van der Waals surface area contributed by atoms with Gasteiger partial charge in [-0.05, 0) is 55.2 Å². The first-order chi connectivity index (χ1) is 16.3. The Labute approximate surface area is 207 Å². The Balaban J connectivity index is 1.79. The van der Waals surface area contributed by atoms with Gasteiger partial charge in [0, 0.05) is 36.0 Å². The molecule has 2 heterocycles. The molecule has 0 bridgehead atoms. The number of halogens is 1. The van der Waals surface area contributed by atoms with Crippen molar-refractivity contribution in [2.75, 3.05) is 13.1 Å². The molecule has 0 fully saturated rings. The summed E-state index contributed by atoms with van der Waals surface area (Å²) in [5.74, 6) is 0.185. The summed E-state index contributed by atoms with van der Waals surface area (Å²) in [5.41, 5.74) is 2.04. The molecule has 2 amide bonds. The summed E-state index contributed by atoms with van der Waals surface area (Å²) in [7, 11) is 0. The van der Waals surface area contributed by atoms with E-state index in [1.165, 1.54) is 6.26 Å². The highest BCUT2D eigenvalue weighted by molar-refractivity contribution is 6.31. The quantitative estimate of drug-likeness (QED) is 0.351. The zero-order valence-corrected chi connectivity index (χ0v) is 21.2. The van der Waals surface area contributed by atoms with E-state index < -0.39 is 0 Å². The summed E-state index contributed by atoms with van der Waals surface area (Å²) in [4.78, 5) is 30.0. The van der Waals surface area contributed by atoms with Crippen LogP contribution in [0.5, 0.6) is 0 Å². The predicted molar refractivity (Wildman–Crippen MR) is 135 cm³/mol. The van der Waals surface area contributed by atoms with Gasteiger partial charge in [0.15, 0.2) is 5.76 Å². The molecular weight excluding hydrogens is 450 g/mol. The zero-order valence-electron chi connectivity index (χ0n) is 20.4. The van der Waals surface area contributed by atoms with Crippen LogP contribution in [0.25, 0.3) is 0 Å². The number of amides is 2. The maximum absolute atomic E-state index is 13.5. The second kappa shape index (κ2) is 11.9. The minimum absolute atomic E-state index is 0.00643. The fraction of sp³-hybridized carbons (Fsp3) is 0.407. The molecule has 0 N–H and O–H groups in total. The smallest absolute Gasteiger partial charge is 0.290 e. The average Bonchev–Trinajstić information content (AvgIpc) is 3.50. The molecule has 6 nitrogen and oxygen atoms in total. The van der Waals surface area contributed by atoms with E-state index >= 15 is 0 Å². The van der Waals surface area contributed by atoms with Crippen molar-refractivity contribution in [3.05, 3.63) is 83.0 Å². The molecule has 1 aromatic carbocycles. The first kappa shape index (κ1) is 25.6. The summed E-state index contributed by atoms with van der Waals surface area (Å²) >= 11 is 6.37. The first-order valence-electron chi connectivity index (χ1n) is 11.8. The minimum atomic E-state index is -0.265. The summed E-state index contributed by atoms with van der Waals surface area (Å²) in [5, 5.41) is 0.720. The Morgan fingerprint density at radius 2 is 1.82 bits per heavy atom. The van der Waals surface area contributed by atoms with E-state index in [-0.39, 0.29) is 36.1 Å². The Morgan fingerprint density at radius 1 is 1.06 bits per heavy atom. The van der Waals surface area contributed by atoms with Crippen LogP contribution in [0, 0.1) is 5.92 Å². The van der Waals surface area contributed by atoms with Crippen molar-refractivity contribution in [3.8, 4) is 0 Å². The van der Waals surface area contributed by atoms with E-state index in [0.717, 1.165) is 22.7 Å². The van der Waals surface area contributed by atoms with Gasteiger partial charge >= 0.3 is 0 Å². The Morgan fingerprint density at radius 3 is 2.47 bits per heavy atom. The molecular formula is C27H34ClN3O3. The van der Waals surface area contributed by atoms with Crippen LogP contribution in [0.4, 0.5) is 0 Å². The van der Waals surface area contributed by atoms with Crippen molar-refractivity contribution in [1.29, 1.82) is 0 Å². The molecule has 0 aliphatic carbocycles. The van der Waals surface area contributed by atoms with Crippen LogP contribution in [-0.2, 0) is 17.9 Å². The monoisotopic (exact) mass is 483 g/mol. The van der Waals surface area contributed by atoms with Crippen LogP contribution >= 0.6 is 11.6 Å². The molecule has 7 heteroatoms. The van der Waals surface area contributed by atoms with Crippen molar-refractivity contribution >= 4 is 23.4 Å². The second-order valence-corrected chi connectivity index (χ2v) is 9.46. The number of hydrogen-bond acceptors (Lipinski definition) is 3. The van der Waals surface area contributed by atoms with Crippen molar-refractivity contribution in [2.24, 2.45) is 5.92 Å². The number of nitrogens with zero attached hydrogens (tertiary/aromatic N) is 3. The largest absolute Gasteiger partial charge is 0.459 e. The van der Waals surface area contributed by atoms with Crippen LogP contribution in [-0.4, -0.2) is 45.3 Å². The Hall–Kier alpha value is -2.99. The topological polar surface area (TPSA) is 58.7 Å². The summed E-state index contributed by atoms with van der Waals surface area (Å²) in [6, 6.07) is 15.0. The van der Waals surface area contributed by atoms with Gasteiger partial charge in [-0.1, -0.05) is 50.6 Å². The van der Waals surface area contributed by atoms with E-state index in [9.17, 15) is 9.59 Å². The van der Waals surface area contributed by atoms with E-state index in [4.69, 9.17) is 16.0 Å². The van der Waals surface area contributed by atoms with Crippen LogP contribution in [0.15, 0.2) is 65.4 Å². The number of furan rings is 1. The number of hydrogen-bond donors (Lipinski definition) is 0. The number of carbonyl (C=O) groups excluding carboxylic acids is 2. The molecule has 0 aliphatic heterocycles. The SMILES string of the molecule is CCC(C)N(CC(=O)N(Cc1cccn1Cc1ccccc1Cl)CC(C)C)C(=O)c1ccco1. The maximum atomic E-state index is 13.5. The molecule has 1 atom stereocenters. The number of aromatic nitrogens is 1. The van der Waals surface area contributed by atoms with Gasteiger partial charge in [-0.15, -0.1) is 0 Å². The third-order valence-corrected chi connectivity index (χ3v) is 6.30. The van der Waals surface area contributed by atoms with E-state index in [2.05, 4.69) is 18.4 Å². The summed E-state index contributed by atoms with van der Waals surface area (Å²) in [6.45, 7) is 9.82. The van der Waals surface area contributed by atoms with Gasteiger partial charge in [0.05, 0.1) is 12.8 Å². The fourth-order valence-corrected chi connectivity index (χ4v) is 4.08.